The van der Waals surface area contributed by atoms with Crippen molar-refractivity contribution in [2.75, 3.05) is 24.6 Å². The van der Waals surface area contributed by atoms with Crippen molar-refractivity contribution >= 4 is 16.6 Å². The Morgan fingerprint density at radius 3 is 3.09 bits per heavy atom. The number of hydrogen-bond acceptors (Lipinski definition) is 5. The van der Waals surface area contributed by atoms with Crippen molar-refractivity contribution in [3.8, 4) is 6.07 Å². The first kappa shape index (κ1) is 14.8. The lowest BCUT2D eigenvalue weighted by molar-refractivity contribution is -0.0189. The predicted molar refractivity (Wildman–Crippen MR) is 84.7 cm³/mol. The zero-order valence-corrected chi connectivity index (χ0v) is 12.6. The van der Waals surface area contributed by atoms with E-state index in [1.165, 1.54) is 0 Å². The number of pyridine rings is 1. The van der Waals surface area contributed by atoms with Crippen LogP contribution in [0.1, 0.15) is 18.9 Å². The second-order valence-electron chi connectivity index (χ2n) is 5.63. The summed E-state index contributed by atoms with van der Waals surface area (Å²) in [6.45, 7) is 3.53. The van der Waals surface area contributed by atoms with Crippen LogP contribution in [0.2, 0.25) is 0 Å². The van der Waals surface area contributed by atoms with Gasteiger partial charge in [-0.1, -0.05) is 0 Å². The van der Waals surface area contributed by atoms with Crippen molar-refractivity contribution in [3.05, 3.63) is 36.0 Å². The fourth-order valence-electron chi connectivity index (χ4n) is 2.96. The molecule has 0 bridgehead atoms. The monoisotopic (exact) mass is 297 g/mol. The first-order valence-electron chi connectivity index (χ1n) is 7.52. The maximum Gasteiger partial charge on any atom is 0.101 e. The van der Waals surface area contributed by atoms with Gasteiger partial charge in [-0.3, -0.25) is 4.98 Å². The summed E-state index contributed by atoms with van der Waals surface area (Å²) >= 11 is 0. The van der Waals surface area contributed by atoms with E-state index in [0.29, 0.717) is 12.1 Å². The van der Waals surface area contributed by atoms with E-state index < -0.39 is 0 Å². The molecule has 5 heteroatoms. The molecule has 3 rings (SSSR count). The van der Waals surface area contributed by atoms with Gasteiger partial charge in [0, 0.05) is 30.4 Å². The largest absolute Gasteiger partial charge is 0.394 e. The van der Waals surface area contributed by atoms with E-state index in [9.17, 15) is 10.4 Å². The Hall–Kier alpha value is -2.16. The number of hydrogen-bond donors (Lipinski definition) is 1. The lowest BCUT2D eigenvalue weighted by atomic mass is 10.1. The average molecular weight is 297 g/mol. The number of nitrogens with zero attached hydrogens (tertiary/aromatic N) is 3. The minimum absolute atomic E-state index is 0.00724. The van der Waals surface area contributed by atoms with Crippen molar-refractivity contribution in [2.24, 2.45) is 0 Å². The van der Waals surface area contributed by atoms with E-state index in [4.69, 9.17) is 4.74 Å². The molecule has 0 spiro atoms. The molecule has 1 fully saturated rings. The van der Waals surface area contributed by atoms with Gasteiger partial charge in [0.15, 0.2) is 0 Å². The molecule has 114 valence electrons. The van der Waals surface area contributed by atoms with Crippen LogP contribution >= 0.6 is 0 Å². The van der Waals surface area contributed by atoms with Crippen LogP contribution in [0.5, 0.6) is 0 Å². The van der Waals surface area contributed by atoms with Gasteiger partial charge in [-0.15, -0.1) is 0 Å². The number of fused-ring (bicyclic) bond motifs is 1. The third-order valence-electron chi connectivity index (χ3n) is 4.07. The minimum atomic E-state index is -0.195. The molecule has 1 aromatic carbocycles. The molecular formula is C17H19N3O2. The summed E-state index contributed by atoms with van der Waals surface area (Å²) in [5.74, 6) is 0. The highest BCUT2D eigenvalue weighted by atomic mass is 16.5. The van der Waals surface area contributed by atoms with Gasteiger partial charge in [0.05, 0.1) is 29.9 Å². The molecule has 1 aromatic heterocycles. The molecule has 2 heterocycles. The molecule has 22 heavy (non-hydrogen) atoms. The van der Waals surface area contributed by atoms with E-state index in [1.807, 2.05) is 31.2 Å². The molecule has 0 amide bonds. The topological polar surface area (TPSA) is 69.4 Å². The van der Waals surface area contributed by atoms with E-state index >= 15 is 0 Å². The van der Waals surface area contributed by atoms with Gasteiger partial charge in [-0.25, -0.2) is 0 Å². The van der Waals surface area contributed by atoms with Gasteiger partial charge in [0.2, 0.25) is 0 Å². The van der Waals surface area contributed by atoms with Crippen molar-refractivity contribution < 1.29 is 9.84 Å². The fourth-order valence-corrected chi connectivity index (χ4v) is 2.96. The van der Waals surface area contributed by atoms with Crippen molar-refractivity contribution in [1.82, 2.24) is 4.98 Å². The molecule has 0 saturated carbocycles. The van der Waals surface area contributed by atoms with Crippen LogP contribution in [0, 0.1) is 11.3 Å². The highest BCUT2D eigenvalue weighted by Gasteiger charge is 2.23. The predicted octanol–water partition coefficient (Wildman–Crippen LogP) is 2.08. The number of rotatable bonds is 2. The van der Waals surface area contributed by atoms with Crippen LogP contribution in [-0.2, 0) is 4.74 Å². The standard InChI is InChI=1S/C17H19N3O2/c1-12-6-8-20(10-14(11-21)22-12)16-5-4-13(9-18)17-15(16)3-2-7-19-17/h2-5,7,12,14,21H,6,8,10-11H2,1H3/t12-,14-/m1/s1. The third kappa shape index (κ3) is 2.76. The molecule has 1 saturated heterocycles. The van der Waals surface area contributed by atoms with E-state index in [2.05, 4.69) is 16.0 Å². The van der Waals surface area contributed by atoms with E-state index in [1.54, 1.807) is 6.20 Å². The highest BCUT2D eigenvalue weighted by Crippen LogP contribution is 2.29. The summed E-state index contributed by atoms with van der Waals surface area (Å²) in [6, 6.07) is 9.84. The molecule has 0 radical (unpaired) electrons. The first-order valence-corrected chi connectivity index (χ1v) is 7.52. The number of benzene rings is 1. The molecule has 0 aliphatic carbocycles. The zero-order valence-electron chi connectivity index (χ0n) is 12.6. The van der Waals surface area contributed by atoms with Crippen LogP contribution in [-0.4, -0.2) is 42.0 Å². The maximum atomic E-state index is 9.49. The molecule has 0 unspecified atom stereocenters. The smallest absolute Gasteiger partial charge is 0.101 e. The lowest BCUT2D eigenvalue weighted by Gasteiger charge is -2.26. The van der Waals surface area contributed by atoms with Crippen molar-refractivity contribution in [3.63, 3.8) is 0 Å². The minimum Gasteiger partial charge on any atom is -0.394 e. The molecule has 1 aliphatic heterocycles. The Labute approximate surface area is 129 Å². The molecule has 1 N–H and O–H groups in total. The Morgan fingerprint density at radius 1 is 1.45 bits per heavy atom. The van der Waals surface area contributed by atoms with E-state index in [0.717, 1.165) is 29.6 Å². The molecular weight excluding hydrogens is 278 g/mol. The summed E-state index contributed by atoms with van der Waals surface area (Å²) in [6.07, 6.45) is 2.54. The average Bonchev–Trinajstić information content (AvgIpc) is 2.75. The molecule has 1 aliphatic rings. The van der Waals surface area contributed by atoms with Crippen LogP contribution < -0.4 is 4.90 Å². The zero-order chi connectivity index (χ0) is 15.5. The van der Waals surface area contributed by atoms with Crippen molar-refractivity contribution in [2.45, 2.75) is 25.6 Å². The summed E-state index contributed by atoms with van der Waals surface area (Å²) in [5.41, 5.74) is 2.34. The van der Waals surface area contributed by atoms with Crippen LogP contribution in [0.3, 0.4) is 0 Å². The van der Waals surface area contributed by atoms with Crippen molar-refractivity contribution in [1.29, 1.82) is 5.26 Å². The number of aliphatic hydroxyl groups excluding tert-OH is 1. The second-order valence-corrected chi connectivity index (χ2v) is 5.63. The van der Waals surface area contributed by atoms with Crippen LogP contribution in [0.4, 0.5) is 5.69 Å². The SMILES string of the molecule is C[C@@H]1CCN(c2ccc(C#N)c3ncccc23)C[C@H](CO)O1. The van der Waals surface area contributed by atoms with Gasteiger partial charge in [-0.05, 0) is 37.6 Å². The number of aromatic nitrogens is 1. The molecule has 5 nitrogen and oxygen atoms in total. The first-order chi connectivity index (χ1) is 10.7. The Balaban J connectivity index is 2.04. The number of ether oxygens (including phenoxy) is 1. The Morgan fingerprint density at radius 2 is 2.32 bits per heavy atom. The Bertz CT molecular complexity index is 711. The fraction of sp³-hybridized carbons (Fsp3) is 0.412. The third-order valence-corrected chi connectivity index (χ3v) is 4.07. The van der Waals surface area contributed by atoms with Gasteiger partial charge in [-0.2, -0.15) is 5.26 Å². The summed E-state index contributed by atoms with van der Waals surface area (Å²) in [5, 5.41) is 19.7. The van der Waals surface area contributed by atoms with Crippen LogP contribution in [0.15, 0.2) is 30.5 Å². The quantitative estimate of drug-likeness (QED) is 0.919. The number of aliphatic hydroxyl groups is 1. The Kier molecular flexibility index (Phi) is 4.23. The summed E-state index contributed by atoms with van der Waals surface area (Å²) < 4.78 is 5.81. The van der Waals surface area contributed by atoms with E-state index in [-0.39, 0.29) is 18.8 Å². The number of nitriles is 1. The molecule has 2 atom stereocenters. The number of anilines is 1. The molecule has 2 aromatic rings. The van der Waals surface area contributed by atoms with Gasteiger partial charge in [0.25, 0.3) is 0 Å². The normalized spacial score (nSPS) is 22.3. The van der Waals surface area contributed by atoms with Crippen LogP contribution in [0.25, 0.3) is 10.9 Å². The maximum absolute atomic E-state index is 9.49. The summed E-state index contributed by atoms with van der Waals surface area (Å²) in [7, 11) is 0. The van der Waals surface area contributed by atoms with Gasteiger partial charge >= 0.3 is 0 Å². The highest BCUT2D eigenvalue weighted by molar-refractivity contribution is 5.95. The second kappa shape index (κ2) is 6.30. The van der Waals surface area contributed by atoms with Gasteiger partial charge in [0.1, 0.15) is 6.07 Å². The van der Waals surface area contributed by atoms with Gasteiger partial charge < -0.3 is 14.7 Å². The summed E-state index contributed by atoms with van der Waals surface area (Å²) in [4.78, 5) is 6.57. The lowest BCUT2D eigenvalue weighted by Crippen LogP contribution is -2.34.